The summed E-state index contributed by atoms with van der Waals surface area (Å²) in [6, 6.07) is 4.33. The lowest BCUT2D eigenvalue weighted by molar-refractivity contribution is 0.0952. The van der Waals surface area contributed by atoms with E-state index in [4.69, 9.17) is 11.6 Å². The summed E-state index contributed by atoms with van der Waals surface area (Å²) in [7, 11) is -3.82. The molecule has 1 aliphatic heterocycles. The summed E-state index contributed by atoms with van der Waals surface area (Å²) >= 11 is 6.09. The molecular weight excluding hydrogens is 410 g/mol. The van der Waals surface area contributed by atoms with Crippen molar-refractivity contribution in [1.82, 2.24) is 14.9 Å². The number of halogens is 1. The van der Waals surface area contributed by atoms with Crippen LogP contribution in [-0.2, 0) is 10.0 Å². The van der Waals surface area contributed by atoms with Crippen molar-refractivity contribution < 1.29 is 13.2 Å². The van der Waals surface area contributed by atoms with E-state index in [1.807, 2.05) is 0 Å². The van der Waals surface area contributed by atoms with Gasteiger partial charge < -0.3 is 10.2 Å². The molecule has 2 N–H and O–H groups in total. The standard InChI is InChI=1S/C21H34ClN3O3S/c1-16-8-7-13-25(15-16)12-6-5-11-23-20(26)17-9-10-18(22)19(14-17)29(27,28)24-21(2,3)4/h9-10,14,16,24H,5-8,11-13,15H2,1-4H3,(H,23,26). The summed E-state index contributed by atoms with van der Waals surface area (Å²) < 4.78 is 27.7. The molecule has 1 heterocycles. The summed E-state index contributed by atoms with van der Waals surface area (Å²) in [4.78, 5) is 14.9. The van der Waals surface area contributed by atoms with Gasteiger partial charge in [-0.15, -0.1) is 0 Å². The Hall–Kier alpha value is -1.15. The molecule has 6 nitrogen and oxygen atoms in total. The molecule has 1 aromatic carbocycles. The molecule has 0 spiro atoms. The van der Waals surface area contributed by atoms with E-state index in [0.29, 0.717) is 6.54 Å². The van der Waals surface area contributed by atoms with Gasteiger partial charge in [-0.25, -0.2) is 13.1 Å². The van der Waals surface area contributed by atoms with Crippen LogP contribution in [0.3, 0.4) is 0 Å². The predicted octanol–water partition coefficient (Wildman–Crippen LogP) is 3.66. The number of rotatable bonds is 8. The SMILES string of the molecule is CC1CCCN(CCCCNC(=O)c2ccc(Cl)c(S(=O)(=O)NC(C)(C)C)c2)C1. The first-order valence-electron chi connectivity index (χ1n) is 10.3. The highest BCUT2D eigenvalue weighted by Crippen LogP contribution is 2.24. The number of hydrogen-bond acceptors (Lipinski definition) is 4. The van der Waals surface area contributed by atoms with Crippen molar-refractivity contribution in [2.45, 2.75) is 63.8 Å². The van der Waals surface area contributed by atoms with Crippen molar-refractivity contribution in [3.8, 4) is 0 Å². The maximum absolute atomic E-state index is 12.6. The Balaban J connectivity index is 1.87. The Morgan fingerprint density at radius 1 is 1.28 bits per heavy atom. The van der Waals surface area contributed by atoms with Crippen LogP contribution < -0.4 is 10.0 Å². The molecule has 0 aromatic heterocycles. The van der Waals surface area contributed by atoms with Crippen LogP contribution in [0.5, 0.6) is 0 Å². The topological polar surface area (TPSA) is 78.5 Å². The van der Waals surface area contributed by atoms with Crippen molar-refractivity contribution in [1.29, 1.82) is 0 Å². The van der Waals surface area contributed by atoms with E-state index in [1.165, 1.54) is 31.5 Å². The summed E-state index contributed by atoms with van der Waals surface area (Å²) in [5.41, 5.74) is -0.361. The van der Waals surface area contributed by atoms with Crippen LogP contribution in [0, 0.1) is 5.92 Å². The third kappa shape index (κ3) is 7.89. The lowest BCUT2D eigenvalue weighted by Gasteiger charge is -2.30. The van der Waals surface area contributed by atoms with E-state index in [2.05, 4.69) is 21.9 Å². The van der Waals surface area contributed by atoms with Crippen LogP contribution in [0.25, 0.3) is 0 Å². The van der Waals surface area contributed by atoms with Gasteiger partial charge in [0.05, 0.1) is 5.02 Å². The normalized spacial score (nSPS) is 18.6. The van der Waals surface area contributed by atoms with E-state index in [1.54, 1.807) is 26.8 Å². The molecule has 0 saturated carbocycles. The number of likely N-dealkylation sites (tertiary alicyclic amines) is 1. The fourth-order valence-corrected chi connectivity index (χ4v) is 5.51. The quantitative estimate of drug-likeness (QED) is 0.601. The molecule has 29 heavy (non-hydrogen) atoms. The number of carbonyl (C=O) groups is 1. The minimum atomic E-state index is -3.82. The number of sulfonamides is 1. The third-order valence-corrected chi connectivity index (χ3v) is 7.09. The summed E-state index contributed by atoms with van der Waals surface area (Å²) in [5, 5.41) is 2.97. The zero-order valence-corrected chi connectivity index (χ0v) is 19.5. The van der Waals surface area contributed by atoms with Gasteiger partial charge in [0.15, 0.2) is 0 Å². The smallest absolute Gasteiger partial charge is 0.251 e. The number of nitrogens with zero attached hydrogens (tertiary/aromatic N) is 1. The van der Waals surface area contributed by atoms with Gasteiger partial charge in [-0.2, -0.15) is 0 Å². The second-order valence-corrected chi connectivity index (χ2v) is 11.1. The molecular formula is C21H34ClN3O3S. The van der Waals surface area contributed by atoms with Crippen LogP contribution >= 0.6 is 11.6 Å². The molecule has 1 fully saturated rings. The molecule has 1 atom stereocenters. The van der Waals surface area contributed by atoms with Crippen molar-refractivity contribution >= 4 is 27.5 Å². The molecule has 0 radical (unpaired) electrons. The van der Waals surface area contributed by atoms with E-state index in [-0.39, 0.29) is 21.4 Å². The second-order valence-electron chi connectivity index (χ2n) is 9.01. The summed E-state index contributed by atoms with van der Waals surface area (Å²) in [5.74, 6) is 0.479. The minimum Gasteiger partial charge on any atom is -0.352 e. The minimum absolute atomic E-state index is 0.0824. The fourth-order valence-electron chi connectivity index (χ4n) is 3.56. The molecule has 1 aromatic rings. The molecule has 0 aliphatic carbocycles. The molecule has 1 amide bonds. The highest BCUT2D eigenvalue weighted by atomic mass is 35.5. The monoisotopic (exact) mass is 443 g/mol. The van der Waals surface area contributed by atoms with Crippen LogP contribution in [-0.4, -0.2) is 50.9 Å². The Bertz CT molecular complexity index is 806. The van der Waals surface area contributed by atoms with Gasteiger partial charge in [-0.3, -0.25) is 4.79 Å². The van der Waals surface area contributed by atoms with Gasteiger partial charge in [0.1, 0.15) is 4.90 Å². The molecule has 164 valence electrons. The first kappa shape index (κ1) is 24.1. The van der Waals surface area contributed by atoms with Crippen molar-refractivity contribution in [3.63, 3.8) is 0 Å². The molecule has 1 saturated heterocycles. The maximum atomic E-state index is 12.6. The average molecular weight is 444 g/mol. The van der Waals surface area contributed by atoms with Crippen LogP contribution in [0.1, 0.15) is 63.7 Å². The van der Waals surface area contributed by atoms with Crippen LogP contribution in [0.2, 0.25) is 5.02 Å². The van der Waals surface area contributed by atoms with Gasteiger partial charge in [-0.05, 0) is 83.7 Å². The van der Waals surface area contributed by atoms with Crippen LogP contribution in [0.4, 0.5) is 0 Å². The zero-order chi connectivity index (χ0) is 21.7. The van der Waals surface area contributed by atoms with E-state index < -0.39 is 15.6 Å². The lowest BCUT2D eigenvalue weighted by Crippen LogP contribution is -2.40. The number of hydrogen-bond donors (Lipinski definition) is 2. The molecule has 1 aliphatic rings. The Kier molecular flexibility index (Phi) is 8.52. The molecule has 1 unspecified atom stereocenters. The number of amides is 1. The number of benzene rings is 1. The highest BCUT2D eigenvalue weighted by Gasteiger charge is 2.25. The van der Waals surface area contributed by atoms with Gasteiger partial charge in [-0.1, -0.05) is 18.5 Å². The van der Waals surface area contributed by atoms with E-state index in [0.717, 1.165) is 31.8 Å². The van der Waals surface area contributed by atoms with Crippen molar-refractivity contribution in [2.24, 2.45) is 5.92 Å². The maximum Gasteiger partial charge on any atom is 0.251 e. The molecule has 2 rings (SSSR count). The van der Waals surface area contributed by atoms with Gasteiger partial charge in [0.2, 0.25) is 10.0 Å². The number of unbranched alkanes of at least 4 members (excludes halogenated alkanes) is 1. The Labute approximate surface area is 180 Å². The highest BCUT2D eigenvalue weighted by molar-refractivity contribution is 7.89. The largest absolute Gasteiger partial charge is 0.352 e. The first-order valence-corrected chi connectivity index (χ1v) is 12.2. The third-order valence-electron chi connectivity index (χ3n) is 4.85. The molecule has 8 heteroatoms. The second kappa shape index (κ2) is 10.2. The Morgan fingerprint density at radius 2 is 2.00 bits per heavy atom. The Morgan fingerprint density at radius 3 is 2.66 bits per heavy atom. The van der Waals surface area contributed by atoms with Gasteiger partial charge in [0.25, 0.3) is 5.91 Å². The van der Waals surface area contributed by atoms with E-state index >= 15 is 0 Å². The summed E-state index contributed by atoms with van der Waals surface area (Å²) in [6.07, 6.45) is 4.50. The van der Waals surface area contributed by atoms with Crippen molar-refractivity contribution in [2.75, 3.05) is 26.2 Å². The fraction of sp³-hybridized carbons (Fsp3) is 0.667. The average Bonchev–Trinajstić information content (AvgIpc) is 2.59. The molecule has 0 bridgehead atoms. The van der Waals surface area contributed by atoms with E-state index in [9.17, 15) is 13.2 Å². The lowest BCUT2D eigenvalue weighted by atomic mass is 10.0. The van der Waals surface area contributed by atoms with Crippen LogP contribution in [0.15, 0.2) is 23.1 Å². The number of carbonyl (C=O) groups excluding carboxylic acids is 1. The van der Waals surface area contributed by atoms with Gasteiger partial charge in [0, 0.05) is 24.2 Å². The number of piperidine rings is 1. The predicted molar refractivity (Wildman–Crippen MR) is 118 cm³/mol. The summed E-state index contributed by atoms with van der Waals surface area (Å²) in [6.45, 7) is 11.5. The van der Waals surface area contributed by atoms with Gasteiger partial charge >= 0.3 is 0 Å². The zero-order valence-electron chi connectivity index (χ0n) is 17.9. The van der Waals surface area contributed by atoms with Crippen molar-refractivity contribution in [3.05, 3.63) is 28.8 Å². The number of nitrogens with one attached hydrogen (secondary N) is 2. The first-order chi connectivity index (χ1) is 13.5.